The normalized spacial score (nSPS) is 14.9. The van der Waals surface area contributed by atoms with Crippen LogP contribution in [0.3, 0.4) is 0 Å². The lowest BCUT2D eigenvalue weighted by Crippen LogP contribution is -2.27. The van der Waals surface area contributed by atoms with Crippen molar-refractivity contribution in [3.05, 3.63) is 40.8 Å². The molecule has 0 atom stereocenters. The van der Waals surface area contributed by atoms with Gasteiger partial charge in [-0.15, -0.1) is 0 Å². The van der Waals surface area contributed by atoms with Crippen LogP contribution >= 0.6 is 0 Å². The molecule has 2 heteroatoms. The van der Waals surface area contributed by atoms with Crippen molar-refractivity contribution < 1.29 is 4.74 Å². The van der Waals surface area contributed by atoms with Crippen LogP contribution in [0, 0.1) is 20.8 Å². The van der Waals surface area contributed by atoms with Crippen LogP contribution in [-0.2, 0) is 0 Å². The van der Waals surface area contributed by atoms with E-state index in [2.05, 4.69) is 57.9 Å². The number of rotatable bonds is 5. The number of benzene rings is 1. The van der Waals surface area contributed by atoms with Crippen molar-refractivity contribution in [2.24, 2.45) is 0 Å². The molecule has 1 aliphatic heterocycles. The molecule has 110 valence electrons. The van der Waals surface area contributed by atoms with E-state index in [0.29, 0.717) is 6.04 Å². The van der Waals surface area contributed by atoms with E-state index in [4.69, 9.17) is 4.74 Å². The van der Waals surface area contributed by atoms with Gasteiger partial charge in [-0.2, -0.15) is 0 Å². The van der Waals surface area contributed by atoms with Crippen LogP contribution in [0.25, 0.3) is 0 Å². The summed E-state index contributed by atoms with van der Waals surface area (Å²) in [7, 11) is 0. The van der Waals surface area contributed by atoms with Crippen LogP contribution in [0.4, 0.5) is 0 Å². The second-order valence-corrected chi connectivity index (χ2v) is 5.88. The number of aryl methyl sites for hydroxylation is 3. The predicted molar refractivity (Wildman–Crippen MR) is 85.1 cm³/mol. The minimum Gasteiger partial charge on any atom is -0.460 e. The van der Waals surface area contributed by atoms with E-state index in [1.807, 2.05) is 0 Å². The number of hydrogen-bond acceptors (Lipinski definition) is 2. The maximum absolute atomic E-state index is 6.18. The molecule has 0 aliphatic carbocycles. The topological polar surface area (TPSA) is 12.5 Å². The molecule has 1 heterocycles. The van der Waals surface area contributed by atoms with Crippen LogP contribution in [-0.4, -0.2) is 17.5 Å². The fourth-order valence-electron chi connectivity index (χ4n) is 3.14. The van der Waals surface area contributed by atoms with Gasteiger partial charge in [0, 0.05) is 25.2 Å². The van der Waals surface area contributed by atoms with E-state index < -0.39 is 0 Å². The highest BCUT2D eigenvalue weighted by atomic mass is 16.5. The van der Waals surface area contributed by atoms with E-state index in [1.165, 1.54) is 29.5 Å². The van der Waals surface area contributed by atoms with Crippen LogP contribution in [0.5, 0.6) is 5.75 Å². The highest BCUT2D eigenvalue weighted by Crippen LogP contribution is 2.29. The van der Waals surface area contributed by atoms with E-state index >= 15 is 0 Å². The first-order valence-corrected chi connectivity index (χ1v) is 7.77. The minimum atomic E-state index is 0.649. The third-order valence-electron chi connectivity index (χ3n) is 4.18. The Hall–Kier alpha value is -1.44. The quantitative estimate of drug-likeness (QED) is 0.769. The Morgan fingerprint density at radius 1 is 1.10 bits per heavy atom. The Morgan fingerprint density at radius 3 is 2.25 bits per heavy atom. The molecule has 0 saturated heterocycles. The van der Waals surface area contributed by atoms with Crippen molar-refractivity contribution in [3.8, 4) is 5.75 Å². The summed E-state index contributed by atoms with van der Waals surface area (Å²) in [5.41, 5.74) is 3.75. The van der Waals surface area contributed by atoms with Crippen molar-refractivity contribution in [1.29, 1.82) is 0 Å². The Labute approximate surface area is 123 Å². The van der Waals surface area contributed by atoms with Gasteiger partial charge in [-0.25, -0.2) is 0 Å². The first kappa shape index (κ1) is 15.0. The molecule has 0 N–H and O–H groups in total. The molecule has 1 aliphatic rings. The van der Waals surface area contributed by atoms with Gasteiger partial charge in [0.1, 0.15) is 11.5 Å². The van der Waals surface area contributed by atoms with Gasteiger partial charge >= 0.3 is 0 Å². The molecule has 0 saturated carbocycles. The number of ether oxygens (including phenoxy) is 1. The lowest BCUT2D eigenvalue weighted by atomic mass is 10.1. The maximum Gasteiger partial charge on any atom is 0.132 e. The number of nitrogens with zero attached hydrogens (tertiary/aromatic N) is 1. The van der Waals surface area contributed by atoms with E-state index in [0.717, 1.165) is 24.5 Å². The zero-order valence-electron chi connectivity index (χ0n) is 13.5. The van der Waals surface area contributed by atoms with Crippen LogP contribution in [0.1, 0.15) is 49.8 Å². The van der Waals surface area contributed by atoms with Crippen LogP contribution in [0.15, 0.2) is 24.1 Å². The van der Waals surface area contributed by atoms with Gasteiger partial charge < -0.3 is 9.64 Å². The van der Waals surface area contributed by atoms with Crippen molar-refractivity contribution in [2.75, 3.05) is 6.54 Å². The van der Waals surface area contributed by atoms with E-state index in [1.54, 1.807) is 0 Å². The molecule has 0 radical (unpaired) electrons. The summed E-state index contributed by atoms with van der Waals surface area (Å²) in [5.74, 6) is 2.14. The molecule has 1 aromatic rings. The molecular formula is C18H27NO. The Bertz CT molecular complexity index is 477. The highest BCUT2D eigenvalue weighted by molar-refractivity contribution is 5.44. The molecule has 0 bridgehead atoms. The van der Waals surface area contributed by atoms with Gasteiger partial charge in [0.05, 0.1) is 0 Å². The van der Waals surface area contributed by atoms with Crippen molar-refractivity contribution in [2.45, 2.75) is 59.9 Å². The monoisotopic (exact) mass is 273 g/mol. The number of hydrogen-bond donors (Lipinski definition) is 0. The standard InChI is InChI=1S/C18H27NO/c1-6-16(7-2)19-9-8-17(12-19)20-18-14(4)10-13(3)11-15(18)5/h10-12,16H,6-9H2,1-5H3. The second kappa shape index (κ2) is 6.34. The molecule has 0 spiro atoms. The smallest absolute Gasteiger partial charge is 0.132 e. The van der Waals surface area contributed by atoms with Gasteiger partial charge in [-0.1, -0.05) is 31.5 Å². The third-order valence-corrected chi connectivity index (χ3v) is 4.18. The fraction of sp³-hybridized carbons (Fsp3) is 0.556. The van der Waals surface area contributed by atoms with Crippen LogP contribution in [0.2, 0.25) is 0 Å². The van der Waals surface area contributed by atoms with E-state index in [-0.39, 0.29) is 0 Å². The zero-order valence-corrected chi connectivity index (χ0v) is 13.5. The van der Waals surface area contributed by atoms with Gasteiger partial charge in [-0.3, -0.25) is 0 Å². The Balaban J connectivity index is 2.14. The third kappa shape index (κ3) is 3.17. The predicted octanol–water partition coefficient (Wildman–Crippen LogP) is 4.73. The molecule has 0 unspecified atom stereocenters. The average Bonchev–Trinajstić information content (AvgIpc) is 2.84. The van der Waals surface area contributed by atoms with Gasteiger partial charge in [-0.05, 0) is 44.7 Å². The van der Waals surface area contributed by atoms with E-state index in [9.17, 15) is 0 Å². The van der Waals surface area contributed by atoms with Gasteiger partial charge in [0.15, 0.2) is 0 Å². The SMILES string of the molecule is CCC(CC)N1C=C(Oc2c(C)cc(C)cc2C)CC1. The fourth-order valence-corrected chi connectivity index (χ4v) is 3.14. The largest absolute Gasteiger partial charge is 0.460 e. The average molecular weight is 273 g/mol. The van der Waals surface area contributed by atoms with Crippen molar-refractivity contribution in [1.82, 2.24) is 4.90 Å². The second-order valence-electron chi connectivity index (χ2n) is 5.88. The molecular weight excluding hydrogens is 246 g/mol. The highest BCUT2D eigenvalue weighted by Gasteiger charge is 2.20. The van der Waals surface area contributed by atoms with Crippen LogP contribution < -0.4 is 4.74 Å². The first-order chi connectivity index (χ1) is 9.55. The molecule has 2 rings (SSSR count). The molecule has 0 fully saturated rings. The zero-order chi connectivity index (χ0) is 14.7. The molecule has 0 aromatic heterocycles. The first-order valence-electron chi connectivity index (χ1n) is 7.77. The minimum absolute atomic E-state index is 0.649. The summed E-state index contributed by atoms with van der Waals surface area (Å²) in [5, 5.41) is 0. The van der Waals surface area contributed by atoms with Crippen molar-refractivity contribution >= 4 is 0 Å². The molecule has 2 nitrogen and oxygen atoms in total. The Kier molecular flexibility index (Phi) is 4.74. The summed E-state index contributed by atoms with van der Waals surface area (Å²) >= 11 is 0. The lowest BCUT2D eigenvalue weighted by molar-refractivity contribution is 0.281. The van der Waals surface area contributed by atoms with Gasteiger partial charge in [0.2, 0.25) is 0 Å². The summed E-state index contributed by atoms with van der Waals surface area (Å²) in [6.45, 7) is 12.0. The summed E-state index contributed by atoms with van der Waals surface area (Å²) in [4.78, 5) is 2.44. The van der Waals surface area contributed by atoms with Crippen molar-refractivity contribution in [3.63, 3.8) is 0 Å². The molecule has 20 heavy (non-hydrogen) atoms. The summed E-state index contributed by atoms with van der Waals surface area (Å²) in [6, 6.07) is 5.03. The summed E-state index contributed by atoms with van der Waals surface area (Å²) in [6.07, 6.45) is 5.63. The maximum atomic E-state index is 6.18. The van der Waals surface area contributed by atoms with Gasteiger partial charge in [0.25, 0.3) is 0 Å². The summed E-state index contributed by atoms with van der Waals surface area (Å²) < 4.78 is 6.18. The molecule has 1 aromatic carbocycles. The Morgan fingerprint density at radius 2 is 1.70 bits per heavy atom. The molecule has 0 amide bonds. The lowest BCUT2D eigenvalue weighted by Gasteiger charge is -2.24.